The second-order valence-electron chi connectivity index (χ2n) is 3.10. The number of nitrogens with zero attached hydrogens (tertiary/aromatic N) is 2. The standard InChI is InChI=1S/C8H9BrN2O/c9-7-10-5-2-6(11-7)8(12)3-1-4-8/h2,5,12H,1,3-4H2. The number of aromatic nitrogens is 2. The minimum Gasteiger partial charge on any atom is -0.384 e. The van der Waals surface area contributed by atoms with Gasteiger partial charge in [-0.3, -0.25) is 0 Å². The van der Waals surface area contributed by atoms with Crippen molar-refractivity contribution in [2.24, 2.45) is 0 Å². The topological polar surface area (TPSA) is 46.0 Å². The zero-order valence-electron chi connectivity index (χ0n) is 6.50. The Morgan fingerprint density at radius 3 is 2.75 bits per heavy atom. The van der Waals surface area contributed by atoms with Gasteiger partial charge in [0.15, 0.2) is 4.73 Å². The molecule has 3 nitrogen and oxygen atoms in total. The Labute approximate surface area is 79.0 Å². The van der Waals surface area contributed by atoms with Gasteiger partial charge in [-0.05, 0) is 41.3 Å². The van der Waals surface area contributed by atoms with Gasteiger partial charge in [0.25, 0.3) is 0 Å². The molecule has 0 spiro atoms. The summed E-state index contributed by atoms with van der Waals surface area (Å²) in [5.74, 6) is 0. The molecular formula is C8H9BrN2O. The van der Waals surface area contributed by atoms with Gasteiger partial charge in [0, 0.05) is 6.20 Å². The molecule has 4 heteroatoms. The molecule has 0 atom stereocenters. The summed E-state index contributed by atoms with van der Waals surface area (Å²) < 4.78 is 0.542. The second-order valence-corrected chi connectivity index (χ2v) is 3.81. The van der Waals surface area contributed by atoms with E-state index in [1.165, 1.54) is 0 Å². The molecule has 12 heavy (non-hydrogen) atoms. The fourth-order valence-electron chi connectivity index (χ4n) is 1.36. The molecule has 0 aliphatic heterocycles. The first kappa shape index (κ1) is 8.13. The van der Waals surface area contributed by atoms with E-state index < -0.39 is 5.60 Å². The van der Waals surface area contributed by atoms with E-state index in [9.17, 15) is 5.11 Å². The maximum absolute atomic E-state index is 9.89. The van der Waals surface area contributed by atoms with Crippen LogP contribution in [0.2, 0.25) is 0 Å². The molecule has 0 amide bonds. The summed E-state index contributed by atoms with van der Waals surface area (Å²) in [5, 5.41) is 9.89. The lowest BCUT2D eigenvalue weighted by molar-refractivity contribution is -0.0428. The third kappa shape index (κ3) is 1.25. The molecule has 1 aromatic rings. The van der Waals surface area contributed by atoms with Gasteiger partial charge in [-0.2, -0.15) is 0 Å². The highest BCUT2D eigenvalue weighted by molar-refractivity contribution is 9.10. The van der Waals surface area contributed by atoms with Crippen molar-refractivity contribution in [2.45, 2.75) is 24.9 Å². The van der Waals surface area contributed by atoms with Gasteiger partial charge < -0.3 is 5.11 Å². The van der Waals surface area contributed by atoms with Crippen LogP contribution < -0.4 is 0 Å². The molecular weight excluding hydrogens is 220 g/mol. The van der Waals surface area contributed by atoms with Crippen LogP contribution in [0.5, 0.6) is 0 Å². The first-order chi connectivity index (χ1) is 5.71. The quantitative estimate of drug-likeness (QED) is 0.744. The Morgan fingerprint density at radius 2 is 2.25 bits per heavy atom. The summed E-state index contributed by atoms with van der Waals surface area (Å²) >= 11 is 3.17. The van der Waals surface area contributed by atoms with Crippen molar-refractivity contribution in [1.82, 2.24) is 9.97 Å². The van der Waals surface area contributed by atoms with Gasteiger partial charge in [-0.15, -0.1) is 0 Å². The summed E-state index contributed by atoms with van der Waals surface area (Å²) in [6, 6.07) is 1.77. The molecule has 0 bridgehead atoms. The number of rotatable bonds is 1. The second kappa shape index (κ2) is 2.78. The first-order valence-electron chi connectivity index (χ1n) is 3.92. The van der Waals surface area contributed by atoms with E-state index in [2.05, 4.69) is 25.9 Å². The number of aliphatic hydroxyl groups is 1. The largest absolute Gasteiger partial charge is 0.384 e. The van der Waals surface area contributed by atoms with E-state index in [-0.39, 0.29) is 0 Å². The minimum atomic E-state index is -0.675. The molecule has 0 unspecified atom stereocenters. The van der Waals surface area contributed by atoms with Crippen molar-refractivity contribution in [3.63, 3.8) is 0 Å². The fourth-order valence-corrected chi connectivity index (χ4v) is 1.67. The smallest absolute Gasteiger partial charge is 0.196 e. The lowest BCUT2D eigenvalue weighted by Crippen LogP contribution is -2.34. The van der Waals surface area contributed by atoms with Crippen molar-refractivity contribution in [3.05, 3.63) is 22.7 Å². The van der Waals surface area contributed by atoms with Crippen LogP contribution in [0.15, 0.2) is 17.0 Å². The van der Waals surface area contributed by atoms with Gasteiger partial charge >= 0.3 is 0 Å². The molecule has 0 radical (unpaired) electrons. The highest BCUT2D eigenvalue weighted by Gasteiger charge is 2.37. The number of hydrogen-bond donors (Lipinski definition) is 1. The fraction of sp³-hybridized carbons (Fsp3) is 0.500. The van der Waals surface area contributed by atoms with E-state index in [4.69, 9.17) is 0 Å². The summed E-state index contributed by atoms with van der Waals surface area (Å²) in [6.45, 7) is 0. The molecule has 1 fully saturated rings. The maximum atomic E-state index is 9.89. The van der Waals surface area contributed by atoms with Gasteiger partial charge in [0.1, 0.15) is 5.60 Å². The molecule has 1 heterocycles. The van der Waals surface area contributed by atoms with E-state index in [1.807, 2.05) is 0 Å². The Morgan fingerprint density at radius 1 is 1.50 bits per heavy atom. The monoisotopic (exact) mass is 228 g/mol. The molecule has 64 valence electrons. The van der Waals surface area contributed by atoms with Crippen LogP contribution in [0.1, 0.15) is 25.0 Å². The van der Waals surface area contributed by atoms with E-state index >= 15 is 0 Å². The highest BCUT2D eigenvalue weighted by Crippen LogP contribution is 2.39. The van der Waals surface area contributed by atoms with E-state index in [1.54, 1.807) is 12.3 Å². The third-order valence-corrected chi connectivity index (χ3v) is 2.67. The zero-order valence-corrected chi connectivity index (χ0v) is 8.08. The lowest BCUT2D eigenvalue weighted by Gasteiger charge is -2.35. The normalized spacial score (nSPS) is 20.2. The Balaban J connectivity index is 2.33. The lowest BCUT2D eigenvalue weighted by atomic mass is 9.78. The molecule has 1 aliphatic carbocycles. The van der Waals surface area contributed by atoms with Crippen molar-refractivity contribution in [3.8, 4) is 0 Å². The van der Waals surface area contributed by atoms with Gasteiger partial charge in [-0.25, -0.2) is 9.97 Å². The van der Waals surface area contributed by atoms with Crippen LogP contribution >= 0.6 is 15.9 Å². The molecule has 1 aliphatic rings. The first-order valence-corrected chi connectivity index (χ1v) is 4.71. The minimum absolute atomic E-state index is 0.542. The average Bonchev–Trinajstić information content (AvgIpc) is 2.00. The SMILES string of the molecule is OC1(c2ccnc(Br)n2)CCC1. The van der Waals surface area contributed by atoms with Crippen LogP contribution in [0.4, 0.5) is 0 Å². The number of hydrogen-bond acceptors (Lipinski definition) is 3. The van der Waals surface area contributed by atoms with Crippen LogP contribution in [0.3, 0.4) is 0 Å². The Kier molecular flexibility index (Phi) is 1.88. The molecule has 1 aromatic heterocycles. The van der Waals surface area contributed by atoms with Crippen molar-refractivity contribution in [1.29, 1.82) is 0 Å². The van der Waals surface area contributed by atoms with Crippen LogP contribution in [-0.2, 0) is 5.60 Å². The predicted molar refractivity (Wildman–Crippen MR) is 47.5 cm³/mol. The summed E-state index contributed by atoms with van der Waals surface area (Å²) in [4.78, 5) is 8.03. The Bertz CT molecular complexity index is 299. The van der Waals surface area contributed by atoms with Gasteiger partial charge in [0.2, 0.25) is 0 Å². The van der Waals surface area contributed by atoms with Crippen LogP contribution in [0.25, 0.3) is 0 Å². The van der Waals surface area contributed by atoms with Crippen LogP contribution in [0, 0.1) is 0 Å². The molecule has 1 saturated carbocycles. The van der Waals surface area contributed by atoms with Crippen LogP contribution in [-0.4, -0.2) is 15.1 Å². The summed E-state index contributed by atoms with van der Waals surface area (Å²) in [5.41, 5.74) is 0.0569. The average molecular weight is 229 g/mol. The summed E-state index contributed by atoms with van der Waals surface area (Å²) in [7, 11) is 0. The van der Waals surface area contributed by atoms with E-state index in [0.717, 1.165) is 25.0 Å². The molecule has 0 saturated heterocycles. The maximum Gasteiger partial charge on any atom is 0.196 e. The zero-order chi connectivity index (χ0) is 8.60. The summed E-state index contributed by atoms with van der Waals surface area (Å²) in [6.07, 6.45) is 4.37. The molecule has 2 rings (SSSR count). The number of halogens is 1. The highest BCUT2D eigenvalue weighted by atomic mass is 79.9. The van der Waals surface area contributed by atoms with Gasteiger partial charge in [-0.1, -0.05) is 0 Å². The molecule has 1 N–H and O–H groups in total. The van der Waals surface area contributed by atoms with Crippen molar-refractivity contribution >= 4 is 15.9 Å². The predicted octanol–water partition coefficient (Wildman–Crippen LogP) is 1.61. The third-order valence-electron chi connectivity index (χ3n) is 2.28. The Hall–Kier alpha value is -0.480. The van der Waals surface area contributed by atoms with Gasteiger partial charge in [0.05, 0.1) is 5.69 Å². The van der Waals surface area contributed by atoms with Crippen molar-refractivity contribution in [2.75, 3.05) is 0 Å². The van der Waals surface area contributed by atoms with Crippen molar-refractivity contribution < 1.29 is 5.11 Å². The van der Waals surface area contributed by atoms with E-state index in [0.29, 0.717) is 4.73 Å². The molecule has 0 aromatic carbocycles.